The van der Waals surface area contributed by atoms with Crippen LogP contribution in [0.3, 0.4) is 0 Å². The molecule has 4 rings (SSSR count). The van der Waals surface area contributed by atoms with E-state index in [1.54, 1.807) is 0 Å². The number of benzene rings is 3. The number of carbonyl (C=O) groups excluding carboxylic acids is 1. The minimum Gasteiger partial charge on any atom is -0.387 e. The summed E-state index contributed by atoms with van der Waals surface area (Å²) in [5.74, 6) is -0.0771. The average molecular weight is 522 g/mol. The molecule has 3 nitrogen and oxygen atoms in total. The van der Waals surface area contributed by atoms with Crippen molar-refractivity contribution >= 4 is 11.5 Å². The van der Waals surface area contributed by atoms with Crippen molar-refractivity contribution < 1.29 is 9.90 Å². The molecule has 2 atom stereocenters. The molecule has 204 valence electrons. The number of aryl methyl sites for hydroxylation is 4. The predicted octanol–water partition coefficient (Wildman–Crippen LogP) is 7.56. The van der Waals surface area contributed by atoms with Crippen LogP contribution in [0.5, 0.6) is 0 Å². The molecule has 0 saturated carbocycles. The summed E-state index contributed by atoms with van der Waals surface area (Å²) in [6.45, 7) is 8.88. The summed E-state index contributed by atoms with van der Waals surface area (Å²) >= 11 is 0. The third kappa shape index (κ3) is 7.36. The van der Waals surface area contributed by atoms with Crippen molar-refractivity contribution in [2.75, 3.05) is 6.54 Å². The fourth-order valence-corrected chi connectivity index (χ4v) is 5.68. The molecule has 2 unspecified atom stereocenters. The second-order valence-corrected chi connectivity index (χ2v) is 11.4. The van der Waals surface area contributed by atoms with Gasteiger partial charge in [0.2, 0.25) is 0 Å². The van der Waals surface area contributed by atoms with Gasteiger partial charge in [-0.05, 0) is 75.3 Å². The van der Waals surface area contributed by atoms with Gasteiger partial charge in [-0.25, -0.2) is 0 Å². The lowest BCUT2D eigenvalue weighted by Gasteiger charge is -2.38. The normalized spacial score (nSPS) is 18.8. The van der Waals surface area contributed by atoms with Gasteiger partial charge >= 0.3 is 0 Å². The Morgan fingerprint density at radius 1 is 0.821 bits per heavy atom. The Bertz CT molecular complexity index is 1320. The van der Waals surface area contributed by atoms with Crippen LogP contribution in [0.25, 0.3) is 5.57 Å². The summed E-state index contributed by atoms with van der Waals surface area (Å²) in [6.07, 6.45) is 9.87. The number of aliphatic hydroxyl groups excluding tert-OH is 1. The smallest absolute Gasteiger partial charge is 0.251 e. The standard InChI is InChI=1S/C36H43NO2/c1-26-14-13-18-32(23-26)36(4)25-31(24-33(34(36)38)30-21-27(2)20-28(3)22-30)35(39)37-19-12-7-5-6-9-15-29-16-10-8-11-17-29/h8,10-11,13-14,16-18,20-25,34,38H,5-7,9,12,15,19H2,1-4H3,(H,37,39). The van der Waals surface area contributed by atoms with Crippen LogP contribution < -0.4 is 5.32 Å². The summed E-state index contributed by atoms with van der Waals surface area (Å²) in [6, 6.07) is 25.2. The first kappa shape index (κ1) is 28.6. The zero-order valence-electron chi connectivity index (χ0n) is 24.0. The van der Waals surface area contributed by atoms with Gasteiger partial charge in [-0.3, -0.25) is 4.79 Å². The van der Waals surface area contributed by atoms with Gasteiger partial charge in [0.1, 0.15) is 0 Å². The monoisotopic (exact) mass is 521 g/mol. The number of hydrogen-bond acceptors (Lipinski definition) is 2. The molecular weight excluding hydrogens is 478 g/mol. The number of rotatable bonds is 11. The van der Waals surface area contributed by atoms with Crippen molar-refractivity contribution in [1.29, 1.82) is 0 Å². The van der Waals surface area contributed by atoms with E-state index in [1.165, 1.54) is 24.8 Å². The fourth-order valence-electron chi connectivity index (χ4n) is 5.68. The molecule has 0 heterocycles. The first-order valence-corrected chi connectivity index (χ1v) is 14.4. The van der Waals surface area contributed by atoms with Crippen LogP contribution in [-0.2, 0) is 16.6 Å². The topological polar surface area (TPSA) is 49.3 Å². The van der Waals surface area contributed by atoms with Crippen LogP contribution in [0.4, 0.5) is 0 Å². The maximum atomic E-state index is 13.4. The molecule has 0 radical (unpaired) electrons. The largest absolute Gasteiger partial charge is 0.387 e. The second kappa shape index (κ2) is 13.1. The summed E-state index contributed by atoms with van der Waals surface area (Å²) < 4.78 is 0. The van der Waals surface area contributed by atoms with E-state index in [0.29, 0.717) is 12.1 Å². The van der Waals surface area contributed by atoms with Gasteiger partial charge in [0.25, 0.3) is 5.91 Å². The van der Waals surface area contributed by atoms with E-state index < -0.39 is 11.5 Å². The van der Waals surface area contributed by atoms with Crippen molar-refractivity contribution in [3.63, 3.8) is 0 Å². The van der Waals surface area contributed by atoms with Crippen molar-refractivity contribution in [3.05, 3.63) is 124 Å². The van der Waals surface area contributed by atoms with E-state index in [9.17, 15) is 9.90 Å². The number of nitrogens with one attached hydrogen (secondary N) is 1. The Morgan fingerprint density at radius 2 is 1.51 bits per heavy atom. The number of aliphatic hydroxyl groups is 1. The van der Waals surface area contributed by atoms with Gasteiger partial charge in [-0.15, -0.1) is 0 Å². The number of hydrogen-bond donors (Lipinski definition) is 2. The molecule has 0 bridgehead atoms. The molecule has 0 aliphatic heterocycles. The van der Waals surface area contributed by atoms with Crippen LogP contribution in [0.1, 0.15) is 72.4 Å². The molecule has 2 N–H and O–H groups in total. The molecule has 0 aromatic heterocycles. The Morgan fingerprint density at radius 3 is 2.23 bits per heavy atom. The first-order chi connectivity index (χ1) is 18.8. The lowest BCUT2D eigenvalue weighted by Crippen LogP contribution is -2.40. The van der Waals surface area contributed by atoms with E-state index in [1.807, 2.05) is 31.2 Å². The molecule has 0 spiro atoms. The molecule has 3 heteroatoms. The molecule has 1 aliphatic carbocycles. The summed E-state index contributed by atoms with van der Waals surface area (Å²) in [4.78, 5) is 13.4. The van der Waals surface area contributed by atoms with Crippen LogP contribution in [-0.4, -0.2) is 23.7 Å². The van der Waals surface area contributed by atoms with E-state index in [0.717, 1.165) is 52.7 Å². The van der Waals surface area contributed by atoms with E-state index in [2.05, 4.69) is 86.8 Å². The molecular formula is C36H43NO2. The fraction of sp³-hybridized carbons (Fsp3) is 0.361. The maximum Gasteiger partial charge on any atom is 0.251 e. The number of amides is 1. The summed E-state index contributed by atoms with van der Waals surface area (Å²) in [5.41, 5.74) is 7.46. The first-order valence-electron chi connectivity index (χ1n) is 14.4. The number of carbonyl (C=O) groups is 1. The van der Waals surface area contributed by atoms with Crippen molar-refractivity contribution in [3.8, 4) is 0 Å². The van der Waals surface area contributed by atoms with Crippen LogP contribution in [0, 0.1) is 20.8 Å². The molecule has 3 aromatic carbocycles. The van der Waals surface area contributed by atoms with Crippen molar-refractivity contribution in [2.24, 2.45) is 0 Å². The minimum atomic E-state index is -0.770. The predicted molar refractivity (Wildman–Crippen MR) is 163 cm³/mol. The zero-order chi connectivity index (χ0) is 27.8. The van der Waals surface area contributed by atoms with Gasteiger partial charge in [0.05, 0.1) is 6.10 Å². The second-order valence-electron chi connectivity index (χ2n) is 11.4. The van der Waals surface area contributed by atoms with Crippen molar-refractivity contribution in [2.45, 2.75) is 77.7 Å². The number of unbranched alkanes of at least 4 members (excludes halogenated alkanes) is 4. The lowest BCUT2D eigenvalue weighted by molar-refractivity contribution is -0.117. The molecule has 1 aliphatic rings. The summed E-state index contributed by atoms with van der Waals surface area (Å²) in [7, 11) is 0. The highest BCUT2D eigenvalue weighted by Crippen LogP contribution is 2.42. The molecule has 0 fully saturated rings. The SMILES string of the molecule is Cc1cc(C)cc(C2=CC(C(=O)NCCCCCCCc3ccccc3)=CC(C)(c3cccc(C)c3)C2O)c1. The summed E-state index contributed by atoms with van der Waals surface area (Å²) in [5, 5.41) is 14.9. The van der Waals surface area contributed by atoms with Gasteiger partial charge in [-0.1, -0.05) is 115 Å². The van der Waals surface area contributed by atoms with E-state index in [-0.39, 0.29) is 5.91 Å². The van der Waals surface area contributed by atoms with E-state index >= 15 is 0 Å². The Kier molecular flexibility index (Phi) is 9.59. The van der Waals surface area contributed by atoms with Crippen LogP contribution in [0.15, 0.2) is 90.5 Å². The van der Waals surface area contributed by atoms with E-state index in [4.69, 9.17) is 0 Å². The highest BCUT2D eigenvalue weighted by Gasteiger charge is 2.39. The molecule has 1 amide bonds. The minimum absolute atomic E-state index is 0.0771. The average Bonchev–Trinajstić information content (AvgIpc) is 2.91. The van der Waals surface area contributed by atoms with Crippen LogP contribution in [0.2, 0.25) is 0 Å². The highest BCUT2D eigenvalue weighted by atomic mass is 16.3. The highest BCUT2D eigenvalue weighted by molar-refractivity contribution is 6.00. The maximum absolute atomic E-state index is 13.4. The Balaban J connectivity index is 1.42. The third-order valence-corrected chi connectivity index (χ3v) is 7.86. The quantitative estimate of drug-likeness (QED) is 0.256. The van der Waals surface area contributed by atoms with Gasteiger partial charge < -0.3 is 10.4 Å². The zero-order valence-corrected chi connectivity index (χ0v) is 24.0. The van der Waals surface area contributed by atoms with Crippen LogP contribution >= 0.6 is 0 Å². The van der Waals surface area contributed by atoms with Gasteiger partial charge in [-0.2, -0.15) is 0 Å². The lowest BCUT2D eigenvalue weighted by atomic mass is 9.69. The third-order valence-electron chi connectivity index (χ3n) is 7.86. The van der Waals surface area contributed by atoms with Gasteiger partial charge in [0, 0.05) is 17.5 Å². The van der Waals surface area contributed by atoms with Crippen molar-refractivity contribution in [1.82, 2.24) is 5.32 Å². The molecule has 3 aromatic rings. The Hall–Kier alpha value is -3.43. The molecule has 0 saturated heterocycles. The Labute approximate surface area is 234 Å². The van der Waals surface area contributed by atoms with Gasteiger partial charge in [0.15, 0.2) is 0 Å². The molecule has 39 heavy (non-hydrogen) atoms.